The third-order valence-electron chi connectivity index (χ3n) is 1.44. The number of hydrogen-bond acceptors (Lipinski definition) is 2. The van der Waals surface area contributed by atoms with Crippen LogP contribution in [0.1, 0.15) is 0 Å². The Morgan fingerprint density at radius 2 is 2.36 bits per heavy atom. The fourth-order valence-electron chi connectivity index (χ4n) is 0.835. The van der Waals surface area contributed by atoms with Crippen molar-refractivity contribution in [3.05, 3.63) is 34.7 Å². The molecule has 1 aromatic heterocycles. The van der Waals surface area contributed by atoms with Gasteiger partial charge in [-0.05, 0) is 6.07 Å². The van der Waals surface area contributed by atoms with Crippen molar-refractivity contribution in [2.24, 2.45) is 0 Å². The zero-order valence-electron chi connectivity index (χ0n) is 6.49. The van der Waals surface area contributed by atoms with Gasteiger partial charge >= 0.3 is 0 Å². The zero-order valence-corrected chi connectivity index (χ0v) is 6.49. The third kappa shape index (κ3) is 2.20. The Morgan fingerprint density at radius 1 is 1.55 bits per heavy atom. The Labute approximate surface area is 65.2 Å². The highest BCUT2D eigenvalue weighted by Crippen LogP contribution is 1.81. The summed E-state index contributed by atoms with van der Waals surface area (Å²) in [6.07, 6.45) is 1.75. The predicted octanol–water partition coefficient (Wildman–Crippen LogP) is 0.495. The second kappa shape index (κ2) is 3.93. The summed E-state index contributed by atoms with van der Waals surface area (Å²) in [5.41, 5.74) is 0.0181. The van der Waals surface area contributed by atoms with E-state index in [0.29, 0.717) is 13.2 Å². The minimum atomic E-state index is 0.0181. The number of aromatic nitrogens is 1. The average molecular weight is 153 g/mol. The van der Waals surface area contributed by atoms with Gasteiger partial charge in [0.2, 0.25) is 0 Å². The van der Waals surface area contributed by atoms with Crippen LogP contribution in [0.25, 0.3) is 0 Å². The Kier molecular flexibility index (Phi) is 2.86. The number of rotatable bonds is 3. The van der Waals surface area contributed by atoms with Gasteiger partial charge in [-0.15, -0.1) is 0 Å². The molecule has 0 N–H and O–H groups in total. The van der Waals surface area contributed by atoms with Crippen LogP contribution in [0.3, 0.4) is 0 Å². The van der Waals surface area contributed by atoms with Gasteiger partial charge < -0.3 is 9.30 Å². The Morgan fingerprint density at radius 3 is 3.00 bits per heavy atom. The molecule has 0 aliphatic heterocycles. The predicted molar refractivity (Wildman–Crippen MR) is 42.6 cm³/mol. The number of nitrogens with zero attached hydrogens (tertiary/aromatic N) is 1. The maximum Gasteiger partial charge on any atom is 0.250 e. The van der Waals surface area contributed by atoms with E-state index < -0.39 is 0 Å². The van der Waals surface area contributed by atoms with E-state index in [9.17, 15) is 4.79 Å². The van der Waals surface area contributed by atoms with Crippen LogP contribution in [0, 0.1) is 0 Å². The standard InChI is InChI=1S/C8H11NO2/c1-11-7-6-9-5-3-2-4-8(9)10/h2-5H,6-7H2,1H3. The molecule has 0 aliphatic rings. The number of ether oxygens (including phenoxy) is 1. The first-order chi connectivity index (χ1) is 5.34. The first kappa shape index (κ1) is 8.01. The quantitative estimate of drug-likeness (QED) is 0.633. The van der Waals surface area contributed by atoms with E-state index >= 15 is 0 Å². The molecule has 1 rings (SSSR count). The van der Waals surface area contributed by atoms with Crippen molar-refractivity contribution in [1.29, 1.82) is 0 Å². The maximum absolute atomic E-state index is 11.0. The molecular formula is C8H11NO2. The third-order valence-corrected chi connectivity index (χ3v) is 1.44. The first-order valence-electron chi connectivity index (χ1n) is 3.49. The summed E-state index contributed by atoms with van der Waals surface area (Å²) < 4.78 is 6.46. The Hall–Kier alpha value is -1.09. The van der Waals surface area contributed by atoms with Crippen molar-refractivity contribution in [3.63, 3.8) is 0 Å². The molecule has 11 heavy (non-hydrogen) atoms. The molecule has 3 nitrogen and oxygen atoms in total. The van der Waals surface area contributed by atoms with Crippen LogP contribution in [0.2, 0.25) is 0 Å². The van der Waals surface area contributed by atoms with Crippen molar-refractivity contribution in [2.45, 2.75) is 6.54 Å². The zero-order chi connectivity index (χ0) is 8.10. The molecule has 0 bridgehead atoms. The molecule has 0 radical (unpaired) electrons. The summed E-state index contributed by atoms with van der Waals surface area (Å²) in [6.45, 7) is 1.19. The molecule has 0 unspecified atom stereocenters. The Bertz CT molecular complexity index is 267. The Balaban J connectivity index is 2.70. The monoisotopic (exact) mass is 153 g/mol. The number of pyridine rings is 1. The summed E-state index contributed by atoms with van der Waals surface area (Å²) in [6, 6.07) is 5.10. The molecule has 60 valence electrons. The van der Waals surface area contributed by atoms with Crippen LogP contribution in [0.5, 0.6) is 0 Å². The molecule has 0 aromatic carbocycles. The van der Waals surface area contributed by atoms with Crippen molar-refractivity contribution < 1.29 is 4.74 Å². The van der Waals surface area contributed by atoms with Crippen LogP contribution in [0.4, 0.5) is 0 Å². The van der Waals surface area contributed by atoms with Crippen LogP contribution in [-0.2, 0) is 11.3 Å². The highest BCUT2D eigenvalue weighted by molar-refractivity contribution is 4.92. The molecule has 1 heterocycles. The van der Waals surface area contributed by atoms with Gasteiger partial charge in [-0.3, -0.25) is 4.79 Å². The van der Waals surface area contributed by atoms with E-state index in [1.165, 1.54) is 6.07 Å². The van der Waals surface area contributed by atoms with Crippen molar-refractivity contribution in [3.8, 4) is 0 Å². The van der Waals surface area contributed by atoms with Crippen LogP contribution in [-0.4, -0.2) is 18.3 Å². The topological polar surface area (TPSA) is 31.2 Å². The molecule has 3 heteroatoms. The molecule has 0 saturated heterocycles. The lowest BCUT2D eigenvalue weighted by Gasteiger charge is -2.01. The number of hydrogen-bond donors (Lipinski definition) is 0. The van der Waals surface area contributed by atoms with Gasteiger partial charge in [0.05, 0.1) is 6.61 Å². The van der Waals surface area contributed by atoms with E-state index in [4.69, 9.17) is 4.74 Å². The van der Waals surface area contributed by atoms with Crippen LogP contribution in [0.15, 0.2) is 29.2 Å². The minimum absolute atomic E-state index is 0.0181. The van der Waals surface area contributed by atoms with E-state index in [2.05, 4.69) is 0 Å². The van der Waals surface area contributed by atoms with Gasteiger partial charge in [0.25, 0.3) is 5.56 Å². The SMILES string of the molecule is COCCn1ccccc1=O. The van der Waals surface area contributed by atoms with Crippen molar-refractivity contribution in [2.75, 3.05) is 13.7 Å². The molecule has 0 saturated carbocycles. The highest BCUT2D eigenvalue weighted by atomic mass is 16.5. The van der Waals surface area contributed by atoms with E-state index in [1.807, 2.05) is 6.07 Å². The average Bonchev–Trinajstić information content (AvgIpc) is 2.03. The van der Waals surface area contributed by atoms with E-state index in [1.54, 1.807) is 23.9 Å². The van der Waals surface area contributed by atoms with Gasteiger partial charge in [-0.25, -0.2) is 0 Å². The summed E-state index contributed by atoms with van der Waals surface area (Å²) in [4.78, 5) is 11.0. The highest BCUT2D eigenvalue weighted by Gasteiger charge is 1.90. The maximum atomic E-state index is 11.0. The van der Waals surface area contributed by atoms with Gasteiger partial charge in [-0.1, -0.05) is 6.07 Å². The van der Waals surface area contributed by atoms with Crippen LogP contribution < -0.4 is 5.56 Å². The van der Waals surface area contributed by atoms with Gasteiger partial charge in [-0.2, -0.15) is 0 Å². The first-order valence-corrected chi connectivity index (χ1v) is 3.49. The number of methoxy groups -OCH3 is 1. The lowest BCUT2D eigenvalue weighted by molar-refractivity contribution is 0.186. The van der Waals surface area contributed by atoms with Crippen molar-refractivity contribution >= 4 is 0 Å². The molecular weight excluding hydrogens is 142 g/mol. The molecule has 0 atom stereocenters. The molecule has 1 aromatic rings. The minimum Gasteiger partial charge on any atom is -0.383 e. The lowest BCUT2D eigenvalue weighted by Crippen LogP contribution is -2.19. The van der Waals surface area contributed by atoms with E-state index in [-0.39, 0.29) is 5.56 Å². The van der Waals surface area contributed by atoms with Gasteiger partial charge in [0.15, 0.2) is 0 Å². The second-order valence-corrected chi connectivity index (χ2v) is 2.23. The fraction of sp³-hybridized carbons (Fsp3) is 0.375. The summed E-state index contributed by atoms with van der Waals surface area (Å²) in [5.74, 6) is 0. The summed E-state index contributed by atoms with van der Waals surface area (Å²) in [5, 5.41) is 0. The second-order valence-electron chi connectivity index (χ2n) is 2.23. The normalized spacial score (nSPS) is 9.91. The molecule has 0 fully saturated rings. The summed E-state index contributed by atoms with van der Waals surface area (Å²) >= 11 is 0. The van der Waals surface area contributed by atoms with Crippen molar-refractivity contribution in [1.82, 2.24) is 4.57 Å². The smallest absolute Gasteiger partial charge is 0.250 e. The molecule has 0 amide bonds. The largest absolute Gasteiger partial charge is 0.383 e. The fourth-order valence-corrected chi connectivity index (χ4v) is 0.835. The van der Waals surface area contributed by atoms with Gasteiger partial charge in [0, 0.05) is 25.9 Å². The van der Waals surface area contributed by atoms with Gasteiger partial charge in [0.1, 0.15) is 0 Å². The molecule has 0 spiro atoms. The molecule has 0 aliphatic carbocycles. The lowest BCUT2D eigenvalue weighted by atomic mass is 10.5. The summed E-state index contributed by atoms with van der Waals surface area (Å²) in [7, 11) is 1.62. The van der Waals surface area contributed by atoms with Crippen LogP contribution >= 0.6 is 0 Å². The van der Waals surface area contributed by atoms with E-state index in [0.717, 1.165) is 0 Å².